The molecule has 0 aliphatic rings. The van der Waals surface area contributed by atoms with Crippen molar-refractivity contribution in [3.8, 4) is 0 Å². The summed E-state index contributed by atoms with van der Waals surface area (Å²) in [5.74, 6) is -1.17. The lowest BCUT2D eigenvalue weighted by atomic mass is 10.2. The number of hydrogen-bond donors (Lipinski definition) is 2. The number of hydrogen-bond acceptors (Lipinski definition) is 4. The first-order valence-electron chi connectivity index (χ1n) is 5.10. The van der Waals surface area contributed by atoms with Crippen LogP contribution in [0.15, 0.2) is 11.0 Å². The summed E-state index contributed by atoms with van der Waals surface area (Å²) in [5, 5.41) is 8.83. The Balaban J connectivity index is 3.04. The van der Waals surface area contributed by atoms with Gasteiger partial charge in [-0.3, -0.25) is 4.79 Å². The van der Waals surface area contributed by atoms with Crippen LogP contribution in [0.3, 0.4) is 0 Å². The van der Waals surface area contributed by atoms with Crippen molar-refractivity contribution < 1.29 is 18.3 Å². The second kappa shape index (κ2) is 5.16. The van der Waals surface area contributed by atoms with Crippen LogP contribution in [-0.4, -0.2) is 25.5 Å². The lowest BCUT2D eigenvalue weighted by molar-refractivity contribution is -0.139. The van der Waals surface area contributed by atoms with Crippen LogP contribution >= 0.6 is 11.3 Å². The van der Waals surface area contributed by atoms with Gasteiger partial charge in [0.2, 0.25) is 10.0 Å². The molecule has 0 aliphatic carbocycles. The summed E-state index contributed by atoms with van der Waals surface area (Å²) < 4.78 is 26.1. The fourth-order valence-electron chi connectivity index (χ4n) is 1.43. The Labute approximate surface area is 105 Å². The van der Waals surface area contributed by atoms with E-state index in [1.807, 2.05) is 6.92 Å². The van der Waals surface area contributed by atoms with Crippen molar-refractivity contribution in [1.82, 2.24) is 4.72 Å². The Morgan fingerprint density at radius 1 is 1.53 bits per heavy atom. The van der Waals surface area contributed by atoms with Crippen molar-refractivity contribution in [2.75, 3.05) is 0 Å². The van der Waals surface area contributed by atoms with Crippen LogP contribution in [-0.2, 0) is 14.8 Å². The van der Waals surface area contributed by atoms with Gasteiger partial charge in [0.15, 0.2) is 0 Å². The second-order valence-corrected chi connectivity index (χ2v) is 6.84. The molecule has 2 N–H and O–H groups in total. The van der Waals surface area contributed by atoms with E-state index in [0.29, 0.717) is 4.88 Å². The SMILES string of the molecule is CC[C@H](NS(=O)(=O)c1cc(C)sc1C)C(=O)O. The van der Waals surface area contributed by atoms with Gasteiger partial charge >= 0.3 is 5.97 Å². The van der Waals surface area contributed by atoms with Crippen LogP contribution in [0.1, 0.15) is 23.1 Å². The van der Waals surface area contributed by atoms with Gasteiger partial charge in [-0.1, -0.05) is 6.92 Å². The molecule has 0 aliphatic heterocycles. The minimum atomic E-state index is -3.75. The Hall–Kier alpha value is -0.920. The molecule has 0 bridgehead atoms. The molecular formula is C10H15NO4S2. The molecule has 5 nitrogen and oxygen atoms in total. The van der Waals surface area contributed by atoms with Gasteiger partial charge in [0.25, 0.3) is 0 Å². The summed E-state index contributed by atoms with van der Waals surface area (Å²) in [5.41, 5.74) is 0. The van der Waals surface area contributed by atoms with Crippen LogP contribution < -0.4 is 4.72 Å². The molecule has 0 saturated carbocycles. The summed E-state index contributed by atoms with van der Waals surface area (Å²) in [6, 6.07) is 0.469. The molecule has 1 heterocycles. The van der Waals surface area contributed by atoms with E-state index in [9.17, 15) is 13.2 Å². The minimum Gasteiger partial charge on any atom is -0.480 e. The second-order valence-electron chi connectivity index (χ2n) is 3.70. The van der Waals surface area contributed by atoms with Gasteiger partial charge in [0.05, 0.1) is 4.90 Å². The quantitative estimate of drug-likeness (QED) is 0.854. The number of carboxylic acids is 1. The van der Waals surface area contributed by atoms with Crippen molar-refractivity contribution >= 4 is 27.3 Å². The number of rotatable bonds is 5. The predicted octanol–water partition coefficient (Wildman–Crippen LogP) is 1.51. The van der Waals surface area contributed by atoms with Crippen molar-refractivity contribution in [3.63, 3.8) is 0 Å². The van der Waals surface area contributed by atoms with Gasteiger partial charge in [0.1, 0.15) is 6.04 Å². The Morgan fingerprint density at radius 3 is 2.47 bits per heavy atom. The van der Waals surface area contributed by atoms with E-state index >= 15 is 0 Å². The van der Waals surface area contributed by atoms with Gasteiger partial charge in [0, 0.05) is 9.75 Å². The van der Waals surface area contributed by atoms with Crippen molar-refractivity contribution in [2.45, 2.75) is 38.1 Å². The molecule has 1 atom stereocenters. The van der Waals surface area contributed by atoms with Crippen LogP contribution in [0, 0.1) is 13.8 Å². The molecule has 1 rings (SSSR count). The molecule has 0 unspecified atom stereocenters. The third-order valence-electron chi connectivity index (χ3n) is 2.29. The molecule has 1 aromatic rings. The average molecular weight is 277 g/mol. The summed E-state index contributed by atoms with van der Waals surface area (Å²) in [7, 11) is -3.75. The highest BCUT2D eigenvalue weighted by molar-refractivity contribution is 7.89. The van der Waals surface area contributed by atoms with Crippen LogP contribution in [0.5, 0.6) is 0 Å². The third-order valence-corrected chi connectivity index (χ3v) is 4.98. The number of carbonyl (C=O) groups is 1. The smallest absolute Gasteiger partial charge is 0.321 e. The molecule has 0 saturated heterocycles. The molecular weight excluding hydrogens is 262 g/mol. The summed E-state index contributed by atoms with van der Waals surface area (Å²) in [6.07, 6.45) is 0.205. The molecule has 1 aromatic heterocycles. The van der Waals surface area contributed by atoms with Gasteiger partial charge in [-0.2, -0.15) is 4.72 Å². The molecule has 0 spiro atoms. The molecule has 96 valence electrons. The van der Waals surface area contributed by atoms with Gasteiger partial charge < -0.3 is 5.11 Å². The Kier molecular flexibility index (Phi) is 4.29. The maximum atomic E-state index is 12.0. The zero-order valence-electron chi connectivity index (χ0n) is 9.85. The number of carboxylic acid groups (broad SMARTS) is 1. The average Bonchev–Trinajstić information content (AvgIpc) is 2.54. The zero-order valence-corrected chi connectivity index (χ0v) is 11.5. The third kappa shape index (κ3) is 3.27. The van der Waals surface area contributed by atoms with E-state index in [2.05, 4.69) is 4.72 Å². The minimum absolute atomic E-state index is 0.166. The van der Waals surface area contributed by atoms with Crippen molar-refractivity contribution in [1.29, 1.82) is 0 Å². The first-order chi connectivity index (χ1) is 7.77. The van der Waals surface area contributed by atoms with Gasteiger partial charge in [-0.25, -0.2) is 8.42 Å². The van der Waals surface area contributed by atoms with Gasteiger partial charge in [-0.05, 0) is 26.3 Å². The Bertz CT molecular complexity index is 518. The largest absolute Gasteiger partial charge is 0.480 e. The van der Waals surface area contributed by atoms with Crippen LogP contribution in [0.4, 0.5) is 0 Å². The summed E-state index contributed by atoms with van der Waals surface area (Å²) in [4.78, 5) is 12.5. The maximum absolute atomic E-state index is 12.0. The highest BCUT2D eigenvalue weighted by Crippen LogP contribution is 2.25. The van der Waals surface area contributed by atoms with Crippen molar-refractivity contribution in [2.24, 2.45) is 0 Å². The lowest BCUT2D eigenvalue weighted by Gasteiger charge is -2.12. The number of nitrogens with one attached hydrogen (secondary N) is 1. The highest BCUT2D eigenvalue weighted by Gasteiger charge is 2.25. The van der Waals surface area contributed by atoms with E-state index in [-0.39, 0.29) is 11.3 Å². The zero-order chi connectivity index (χ0) is 13.2. The lowest BCUT2D eigenvalue weighted by Crippen LogP contribution is -2.40. The van der Waals surface area contributed by atoms with Crippen molar-refractivity contribution in [3.05, 3.63) is 15.8 Å². The monoisotopic (exact) mass is 277 g/mol. The number of aliphatic carboxylic acids is 1. The maximum Gasteiger partial charge on any atom is 0.321 e. The highest BCUT2D eigenvalue weighted by atomic mass is 32.2. The normalized spacial score (nSPS) is 13.6. The predicted molar refractivity (Wildman–Crippen MR) is 65.8 cm³/mol. The number of sulfonamides is 1. The first kappa shape index (κ1) is 14.1. The van der Waals surface area contributed by atoms with E-state index in [0.717, 1.165) is 4.88 Å². The molecule has 0 fully saturated rings. The van der Waals surface area contributed by atoms with Gasteiger partial charge in [-0.15, -0.1) is 11.3 Å². The van der Waals surface area contributed by atoms with Crippen LogP contribution in [0.2, 0.25) is 0 Å². The Morgan fingerprint density at radius 2 is 2.12 bits per heavy atom. The topological polar surface area (TPSA) is 83.5 Å². The molecule has 7 heteroatoms. The number of thiophene rings is 1. The standard InChI is InChI=1S/C10H15NO4S2/c1-4-8(10(12)13)11-17(14,15)9-5-6(2)16-7(9)3/h5,8,11H,4H2,1-3H3,(H,12,13)/t8-/m0/s1. The molecule has 0 amide bonds. The van der Waals surface area contributed by atoms with E-state index in [1.54, 1.807) is 19.9 Å². The molecule has 0 aromatic carbocycles. The fraction of sp³-hybridized carbons (Fsp3) is 0.500. The van der Waals surface area contributed by atoms with Crippen LogP contribution in [0.25, 0.3) is 0 Å². The molecule has 0 radical (unpaired) electrons. The summed E-state index contributed by atoms with van der Waals surface area (Å²) >= 11 is 1.37. The molecule has 17 heavy (non-hydrogen) atoms. The van der Waals surface area contributed by atoms with E-state index < -0.39 is 22.0 Å². The fourth-order valence-corrected chi connectivity index (χ4v) is 4.26. The summed E-state index contributed by atoms with van der Waals surface area (Å²) in [6.45, 7) is 5.13. The van der Waals surface area contributed by atoms with E-state index in [1.165, 1.54) is 11.3 Å². The first-order valence-corrected chi connectivity index (χ1v) is 7.40. The van der Waals surface area contributed by atoms with E-state index in [4.69, 9.17) is 5.11 Å². The number of aryl methyl sites for hydroxylation is 2.